The van der Waals surface area contributed by atoms with Crippen molar-refractivity contribution in [3.63, 3.8) is 0 Å². The van der Waals surface area contributed by atoms with Crippen molar-refractivity contribution >= 4 is 57.1 Å². The van der Waals surface area contributed by atoms with Gasteiger partial charge in [0.15, 0.2) is 23.1 Å². The van der Waals surface area contributed by atoms with Crippen molar-refractivity contribution in [3.8, 4) is 11.5 Å². The maximum absolute atomic E-state index is 14.6. The Morgan fingerprint density at radius 3 is 2.40 bits per heavy atom. The van der Waals surface area contributed by atoms with Crippen molar-refractivity contribution in [2.24, 2.45) is 11.8 Å². The summed E-state index contributed by atoms with van der Waals surface area (Å²) in [6.45, 7) is 10.9. The number of aliphatic hydroxyl groups excluding tert-OH is 1. The summed E-state index contributed by atoms with van der Waals surface area (Å²) in [5.41, 5.74) is -5.25. The molecule has 2 saturated heterocycles. The van der Waals surface area contributed by atoms with Crippen LogP contribution >= 0.6 is 0 Å². The number of phenolic OH excluding ortho intramolecular Hbond substituents is 1. The Balaban J connectivity index is 1.15. The number of fused-ring (bicyclic) bond motifs is 7. The van der Waals surface area contributed by atoms with Gasteiger partial charge in [-0.25, -0.2) is 4.79 Å². The lowest BCUT2D eigenvalue weighted by Crippen LogP contribution is -2.61. The van der Waals surface area contributed by atoms with Crippen LogP contribution < -0.4 is 10.2 Å². The zero-order valence-corrected chi connectivity index (χ0v) is 33.9. The molecule has 314 valence electrons. The molecule has 8 rings (SSSR count). The number of nitrogens with zero attached hydrogens (tertiary/aromatic N) is 1. The number of carbonyl (C=O) groups is 6. The van der Waals surface area contributed by atoms with E-state index < -0.39 is 106 Å². The zero-order chi connectivity index (χ0) is 43.3. The van der Waals surface area contributed by atoms with Gasteiger partial charge in [0.1, 0.15) is 29.3 Å². The summed E-state index contributed by atoms with van der Waals surface area (Å²) in [6, 6.07) is 8.57. The van der Waals surface area contributed by atoms with E-state index in [0.717, 1.165) is 4.90 Å². The number of hydrogen-bond donors (Lipinski definition) is 2. The summed E-state index contributed by atoms with van der Waals surface area (Å²) >= 11 is 0. The third-order valence-corrected chi connectivity index (χ3v) is 11.7. The number of ether oxygens (including phenoxy) is 5. The summed E-state index contributed by atoms with van der Waals surface area (Å²) in [5, 5.41) is 22.6. The summed E-state index contributed by atoms with van der Waals surface area (Å²) < 4.78 is 34.2. The fourth-order valence-electron chi connectivity index (χ4n) is 9.07. The van der Waals surface area contributed by atoms with Crippen LogP contribution in [0, 0.1) is 11.8 Å². The number of amides is 1. The van der Waals surface area contributed by atoms with E-state index in [2.05, 4.69) is 0 Å². The van der Waals surface area contributed by atoms with E-state index in [1.165, 1.54) is 44.2 Å². The molecule has 1 amide bonds. The molecule has 16 nitrogen and oxygen atoms in total. The lowest BCUT2D eigenvalue weighted by atomic mass is 9.80. The molecule has 0 bridgehead atoms. The van der Waals surface area contributed by atoms with Crippen molar-refractivity contribution in [3.05, 3.63) is 80.2 Å². The number of esters is 3. The minimum atomic E-state index is -1.78. The second-order valence-corrected chi connectivity index (χ2v) is 16.9. The molecule has 7 atom stereocenters. The van der Waals surface area contributed by atoms with Crippen LogP contribution in [0.1, 0.15) is 109 Å². The van der Waals surface area contributed by atoms with Gasteiger partial charge in [-0.2, -0.15) is 0 Å². The van der Waals surface area contributed by atoms with Crippen molar-refractivity contribution in [1.82, 2.24) is 4.90 Å². The highest BCUT2D eigenvalue weighted by molar-refractivity contribution is 6.32. The molecular weight excluding hydrogens is 782 g/mol. The van der Waals surface area contributed by atoms with Crippen LogP contribution in [-0.2, 0) is 39.8 Å². The van der Waals surface area contributed by atoms with Gasteiger partial charge in [0.05, 0.1) is 29.1 Å². The zero-order valence-electron chi connectivity index (χ0n) is 33.9. The first kappa shape index (κ1) is 40.6. The SMILES string of the molecule is CC(=O)O[C@@H]1[C@H](C)O[C@H](Oc2ccc3oc4c(c(=O)c3c2)C(=O)c2c(ccc3cc5c(c(O)c23)C(=O)N2C(C)(C5)OC(=O)C2(C)COC(=O)C(C)CC(C)C)C4=O)C[C@@H]1O. The largest absolute Gasteiger partial charge is 0.506 e. The molecule has 2 N–H and O–H groups in total. The Morgan fingerprint density at radius 1 is 0.983 bits per heavy atom. The highest BCUT2D eigenvalue weighted by Gasteiger charge is 2.64. The minimum Gasteiger partial charge on any atom is -0.506 e. The standard InChI is InChI=1S/C44H43NO15/c1-18(2)12-19(3)41(53)55-17-43(6)42(54)60-44(7)16-23-13-22-8-10-25-32(30(22)36(50)31(23)40(52)45(43)44)37(51)33-34(48)26-14-24(9-11-28(26)59-39(33)35(25)49)58-29-15-27(47)38(20(4)56-29)57-21(5)46/h8-11,13-14,18-20,27,29,38,47,50H,12,15-17H2,1-7H3/t19?,20-,27-,29+,38+,43?,44?/m0/s1. The first-order valence-corrected chi connectivity index (χ1v) is 19.7. The molecule has 0 saturated carbocycles. The Hall–Kier alpha value is -6.13. The molecule has 2 fully saturated rings. The summed E-state index contributed by atoms with van der Waals surface area (Å²) in [5.74, 6) is -5.85. The van der Waals surface area contributed by atoms with E-state index in [1.807, 2.05) is 13.8 Å². The first-order valence-electron chi connectivity index (χ1n) is 19.7. The second kappa shape index (κ2) is 14.3. The third-order valence-electron chi connectivity index (χ3n) is 11.7. The normalized spacial score (nSPS) is 26.3. The molecule has 1 aliphatic carbocycles. The van der Waals surface area contributed by atoms with Crippen molar-refractivity contribution < 1.29 is 67.1 Å². The van der Waals surface area contributed by atoms with E-state index in [-0.39, 0.29) is 62.9 Å². The number of aromatic hydroxyl groups is 1. The Bertz CT molecular complexity index is 2630. The number of carbonyl (C=O) groups excluding carboxylic acids is 6. The molecule has 4 aromatic rings. The van der Waals surface area contributed by atoms with Gasteiger partial charge in [0.25, 0.3) is 5.91 Å². The average molecular weight is 826 g/mol. The first-order chi connectivity index (χ1) is 28.2. The maximum atomic E-state index is 14.6. The van der Waals surface area contributed by atoms with Gasteiger partial charge in [0, 0.05) is 36.3 Å². The van der Waals surface area contributed by atoms with Crippen LogP contribution in [0.3, 0.4) is 0 Å². The number of ketones is 2. The van der Waals surface area contributed by atoms with Gasteiger partial charge in [-0.3, -0.25) is 33.7 Å². The molecular formula is C44H43NO15. The van der Waals surface area contributed by atoms with Crippen molar-refractivity contribution in [1.29, 1.82) is 0 Å². The highest BCUT2D eigenvalue weighted by Crippen LogP contribution is 2.49. The average Bonchev–Trinajstić information content (AvgIpc) is 3.37. The lowest BCUT2D eigenvalue weighted by Gasteiger charge is -2.42. The second-order valence-electron chi connectivity index (χ2n) is 16.9. The predicted octanol–water partition coefficient (Wildman–Crippen LogP) is 4.49. The Labute approximate surface area is 342 Å². The highest BCUT2D eigenvalue weighted by atomic mass is 16.7. The molecule has 3 aromatic carbocycles. The van der Waals surface area contributed by atoms with Gasteiger partial charge >= 0.3 is 17.9 Å². The van der Waals surface area contributed by atoms with Crippen molar-refractivity contribution in [2.75, 3.05) is 6.61 Å². The van der Waals surface area contributed by atoms with Crippen LogP contribution in [0.25, 0.3) is 21.7 Å². The number of benzene rings is 3. The summed E-state index contributed by atoms with van der Waals surface area (Å²) in [4.78, 5) is 96.4. The molecule has 4 aliphatic rings. The molecule has 1 aromatic heterocycles. The van der Waals surface area contributed by atoms with Crippen LogP contribution in [0.4, 0.5) is 0 Å². The third kappa shape index (κ3) is 6.31. The molecule has 16 heteroatoms. The van der Waals surface area contributed by atoms with Gasteiger partial charge in [-0.15, -0.1) is 0 Å². The van der Waals surface area contributed by atoms with E-state index >= 15 is 0 Å². The van der Waals surface area contributed by atoms with E-state index in [1.54, 1.807) is 26.8 Å². The quantitative estimate of drug-likeness (QED) is 0.163. The predicted molar refractivity (Wildman–Crippen MR) is 208 cm³/mol. The van der Waals surface area contributed by atoms with Gasteiger partial charge < -0.3 is 38.3 Å². The minimum absolute atomic E-state index is 0.0274. The fraction of sp³-hybridized carbons (Fsp3) is 0.432. The van der Waals surface area contributed by atoms with Gasteiger partial charge in [-0.1, -0.05) is 26.8 Å². The van der Waals surface area contributed by atoms with E-state index in [9.17, 15) is 43.8 Å². The van der Waals surface area contributed by atoms with Crippen molar-refractivity contribution in [2.45, 2.75) is 104 Å². The van der Waals surface area contributed by atoms with Crippen LogP contribution in [0.5, 0.6) is 11.5 Å². The van der Waals surface area contributed by atoms with Gasteiger partial charge in [0.2, 0.25) is 23.3 Å². The number of rotatable bonds is 8. The number of aliphatic hydroxyl groups is 1. The molecule has 60 heavy (non-hydrogen) atoms. The lowest BCUT2D eigenvalue weighted by molar-refractivity contribution is -0.227. The summed E-state index contributed by atoms with van der Waals surface area (Å²) in [6.07, 6.45) is -3.36. The van der Waals surface area contributed by atoms with E-state index in [4.69, 9.17) is 28.1 Å². The molecule has 0 radical (unpaired) electrons. The van der Waals surface area contributed by atoms with Gasteiger partial charge in [-0.05, 0) is 74.4 Å². The monoisotopic (exact) mass is 825 g/mol. The smallest absolute Gasteiger partial charge is 0.337 e. The number of phenols is 1. The van der Waals surface area contributed by atoms with Crippen LogP contribution in [0.15, 0.2) is 45.6 Å². The maximum Gasteiger partial charge on any atom is 0.337 e. The molecule has 4 heterocycles. The Morgan fingerprint density at radius 2 is 1.72 bits per heavy atom. The molecule has 3 aliphatic heterocycles. The summed E-state index contributed by atoms with van der Waals surface area (Å²) in [7, 11) is 0. The van der Waals surface area contributed by atoms with Crippen LogP contribution in [-0.4, -0.2) is 93.0 Å². The number of hydrogen-bond acceptors (Lipinski definition) is 15. The van der Waals surface area contributed by atoms with Crippen LogP contribution in [0.2, 0.25) is 0 Å². The fourth-order valence-corrected chi connectivity index (χ4v) is 9.07. The molecule has 3 unspecified atom stereocenters. The van der Waals surface area contributed by atoms with E-state index in [0.29, 0.717) is 12.0 Å². The Kier molecular flexibility index (Phi) is 9.66. The topological polar surface area (TPSA) is 222 Å². The molecule has 0 spiro atoms.